The molecule has 3 aromatic rings. The van der Waals surface area contributed by atoms with Crippen LogP contribution in [0.25, 0.3) is 0 Å². The van der Waals surface area contributed by atoms with E-state index in [9.17, 15) is 4.79 Å². The van der Waals surface area contributed by atoms with Crippen LogP contribution < -0.4 is 15.4 Å². The summed E-state index contributed by atoms with van der Waals surface area (Å²) in [4.78, 5) is 12.2. The molecule has 0 aliphatic heterocycles. The standard InChI is InChI=1S/C20H20N4O2/c1-26-17-9-5-8-16(14-17)22-20(25)18-10-11-19(24-23-18)21-13-12-15-6-3-2-4-7-15/h2-11,14H,12-13H2,1H3,(H,21,24)(H,22,25). The van der Waals surface area contributed by atoms with E-state index in [0.717, 1.165) is 13.0 Å². The SMILES string of the molecule is COc1cccc(NC(=O)c2ccc(NCCc3ccccc3)nn2)c1. The molecular weight excluding hydrogens is 328 g/mol. The van der Waals surface area contributed by atoms with Crippen LogP contribution in [0.15, 0.2) is 66.7 Å². The van der Waals surface area contributed by atoms with E-state index in [-0.39, 0.29) is 11.6 Å². The van der Waals surface area contributed by atoms with Crippen molar-refractivity contribution >= 4 is 17.4 Å². The van der Waals surface area contributed by atoms with Crippen LogP contribution in [0.2, 0.25) is 0 Å². The normalized spacial score (nSPS) is 10.2. The molecule has 1 amide bonds. The third-order valence-electron chi connectivity index (χ3n) is 3.79. The number of amides is 1. The fourth-order valence-corrected chi connectivity index (χ4v) is 2.42. The highest BCUT2D eigenvalue weighted by Gasteiger charge is 2.09. The number of ether oxygens (including phenoxy) is 1. The van der Waals surface area contributed by atoms with Crippen molar-refractivity contribution in [2.45, 2.75) is 6.42 Å². The van der Waals surface area contributed by atoms with Crippen LogP contribution in [0, 0.1) is 0 Å². The summed E-state index contributed by atoms with van der Waals surface area (Å²) < 4.78 is 5.14. The van der Waals surface area contributed by atoms with Crippen LogP contribution in [0.3, 0.4) is 0 Å². The molecule has 1 aromatic heterocycles. The van der Waals surface area contributed by atoms with Crippen LogP contribution in [-0.2, 0) is 6.42 Å². The first-order valence-electron chi connectivity index (χ1n) is 8.31. The van der Waals surface area contributed by atoms with Gasteiger partial charge in [0.1, 0.15) is 11.6 Å². The predicted molar refractivity (Wildman–Crippen MR) is 102 cm³/mol. The molecule has 0 aliphatic carbocycles. The Kier molecular flexibility index (Phi) is 5.77. The van der Waals surface area contributed by atoms with Crippen LogP contribution in [0.5, 0.6) is 5.75 Å². The number of hydrogen-bond donors (Lipinski definition) is 2. The lowest BCUT2D eigenvalue weighted by Crippen LogP contribution is -2.15. The second-order valence-corrected chi connectivity index (χ2v) is 5.65. The first-order chi connectivity index (χ1) is 12.7. The molecule has 0 saturated carbocycles. The lowest BCUT2D eigenvalue weighted by Gasteiger charge is -2.07. The monoisotopic (exact) mass is 348 g/mol. The number of nitrogens with zero attached hydrogens (tertiary/aromatic N) is 2. The molecule has 132 valence electrons. The van der Waals surface area contributed by atoms with E-state index in [1.54, 1.807) is 37.4 Å². The van der Waals surface area contributed by atoms with Gasteiger partial charge >= 0.3 is 0 Å². The van der Waals surface area contributed by atoms with Crippen molar-refractivity contribution in [3.8, 4) is 5.75 Å². The Morgan fingerprint density at radius 2 is 1.85 bits per heavy atom. The van der Waals surface area contributed by atoms with E-state index in [4.69, 9.17) is 4.74 Å². The number of methoxy groups -OCH3 is 1. The average molecular weight is 348 g/mol. The number of aromatic nitrogens is 2. The number of nitrogens with one attached hydrogen (secondary N) is 2. The first kappa shape index (κ1) is 17.4. The van der Waals surface area contributed by atoms with Gasteiger partial charge in [0.2, 0.25) is 0 Å². The highest BCUT2D eigenvalue weighted by atomic mass is 16.5. The summed E-state index contributed by atoms with van der Waals surface area (Å²) in [6, 6.07) is 20.7. The third kappa shape index (κ3) is 4.80. The summed E-state index contributed by atoms with van der Waals surface area (Å²) in [5.41, 5.74) is 2.14. The number of carbonyl (C=O) groups excluding carboxylic acids is 1. The number of anilines is 2. The van der Waals surface area contributed by atoms with Crippen molar-refractivity contribution in [2.75, 3.05) is 24.3 Å². The van der Waals surface area contributed by atoms with Gasteiger partial charge in [0.05, 0.1) is 7.11 Å². The Labute approximate surface area is 152 Å². The molecule has 0 fully saturated rings. The maximum atomic E-state index is 12.2. The van der Waals surface area contributed by atoms with Crippen molar-refractivity contribution in [1.82, 2.24) is 10.2 Å². The van der Waals surface area contributed by atoms with Gasteiger partial charge in [-0.25, -0.2) is 0 Å². The quantitative estimate of drug-likeness (QED) is 0.684. The van der Waals surface area contributed by atoms with Gasteiger partial charge in [-0.1, -0.05) is 36.4 Å². The molecule has 2 N–H and O–H groups in total. The Morgan fingerprint density at radius 1 is 1.00 bits per heavy atom. The van der Waals surface area contributed by atoms with Gasteiger partial charge in [0.25, 0.3) is 5.91 Å². The Bertz CT molecular complexity index is 851. The van der Waals surface area contributed by atoms with Crippen molar-refractivity contribution in [2.24, 2.45) is 0 Å². The van der Waals surface area contributed by atoms with E-state index in [1.807, 2.05) is 24.3 Å². The molecule has 0 atom stereocenters. The Morgan fingerprint density at radius 3 is 2.58 bits per heavy atom. The summed E-state index contributed by atoms with van der Waals surface area (Å²) in [7, 11) is 1.58. The highest BCUT2D eigenvalue weighted by molar-refractivity contribution is 6.02. The van der Waals surface area contributed by atoms with E-state index in [1.165, 1.54) is 5.56 Å². The first-order valence-corrected chi connectivity index (χ1v) is 8.31. The van der Waals surface area contributed by atoms with E-state index < -0.39 is 0 Å². The average Bonchev–Trinajstić information content (AvgIpc) is 2.69. The van der Waals surface area contributed by atoms with Crippen molar-refractivity contribution in [1.29, 1.82) is 0 Å². The minimum Gasteiger partial charge on any atom is -0.497 e. The molecule has 3 rings (SSSR count). The molecule has 6 nitrogen and oxygen atoms in total. The zero-order valence-electron chi connectivity index (χ0n) is 14.5. The minimum atomic E-state index is -0.318. The van der Waals surface area contributed by atoms with Gasteiger partial charge in [0, 0.05) is 18.3 Å². The lowest BCUT2D eigenvalue weighted by molar-refractivity contribution is 0.102. The minimum absolute atomic E-state index is 0.251. The van der Waals surface area contributed by atoms with Crippen molar-refractivity contribution in [3.63, 3.8) is 0 Å². The number of hydrogen-bond acceptors (Lipinski definition) is 5. The molecule has 0 unspecified atom stereocenters. The van der Waals surface area contributed by atoms with Gasteiger partial charge < -0.3 is 15.4 Å². The maximum absolute atomic E-state index is 12.2. The molecule has 1 heterocycles. The summed E-state index contributed by atoms with van der Waals surface area (Å²) in [5.74, 6) is 0.993. The summed E-state index contributed by atoms with van der Waals surface area (Å²) in [6.07, 6.45) is 0.889. The van der Waals surface area contributed by atoms with E-state index >= 15 is 0 Å². The number of benzene rings is 2. The zero-order valence-corrected chi connectivity index (χ0v) is 14.5. The molecule has 0 aliphatic rings. The summed E-state index contributed by atoms with van der Waals surface area (Å²) in [6.45, 7) is 0.744. The largest absolute Gasteiger partial charge is 0.497 e. The van der Waals surface area contributed by atoms with E-state index in [2.05, 4.69) is 33.0 Å². The van der Waals surface area contributed by atoms with Crippen LogP contribution >= 0.6 is 0 Å². The molecular formula is C20H20N4O2. The topological polar surface area (TPSA) is 76.1 Å². The molecule has 6 heteroatoms. The van der Waals surface area contributed by atoms with E-state index in [0.29, 0.717) is 17.3 Å². The highest BCUT2D eigenvalue weighted by Crippen LogP contribution is 2.17. The maximum Gasteiger partial charge on any atom is 0.276 e. The molecule has 0 spiro atoms. The van der Waals surface area contributed by atoms with Gasteiger partial charge in [-0.05, 0) is 36.2 Å². The van der Waals surface area contributed by atoms with Gasteiger partial charge in [-0.2, -0.15) is 0 Å². The second kappa shape index (κ2) is 8.62. The smallest absolute Gasteiger partial charge is 0.276 e. The van der Waals surface area contributed by atoms with Crippen LogP contribution in [0.1, 0.15) is 16.1 Å². The number of carbonyl (C=O) groups is 1. The summed E-state index contributed by atoms with van der Waals surface area (Å²) >= 11 is 0. The third-order valence-corrected chi connectivity index (χ3v) is 3.79. The second-order valence-electron chi connectivity index (χ2n) is 5.65. The zero-order chi connectivity index (χ0) is 18.2. The van der Waals surface area contributed by atoms with Crippen molar-refractivity contribution < 1.29 is 9.53 Å². The molecule has 0 saturated heterocycles. The molecule has 0 bridgehead atoms. The van der Waals surface area contributed by atoms with Gasteiger partial charge in [-0.3, -0.25) is 4.79 Å². The summed E-state index contributed by atoms with van der Waals surface area (Å²) in [5, 5.41) is 14.0. The Hall–Kier alpha value is -3.41. The van der Waals surface area contributed by atoms with Gasteiger partial charge in [0.15, 0.2) is 5.69 Å². The Balaban J connectivity index is 1.54. The number of rotatable bonds is 7. The van der Waals surface area contributed by atoms with Crippen LogP contribution in [0.4, 0.5) is 11.5 Å². The van der Waals surface area contributed by atoms with Crippen molar-refractivity contribution in [3.05, 3.63) is 78.0 Å². The molecule has 26 heavy (non-hydrogen) atoms. The van der Waals surface area contributed by atoms with Crippen LogP contribution in [-0.4, -0.2) is 29.8 Å². The molecule has 2 aromatic carbocycles. The van der Waals surface area contributed by atoms with Gasteiger partial charge in [-0.15, -0.1) is 10.2 Å². The fraction of sp³-hybridized carbons (Fsp3) is 0.150. The fourth-order valence-electron chi connectivity index (χ4n) is 2.42. The lowest BCUT2D eigenvalue weighted by atomic mass is 10.1. The molecule has 0 radical (unpaired) electrons. The predicted octanol–water partition coefficient (Wildman–Crippen LogP) is 3.39.